The molecule has 1 fully saturated rings. The average Bonchev–Trinajstić information content (AvgIpc) is 1.95. The Hall–Kier alpha value is -0.0800. The van der Waals surface area contributed by atoms with E-state index in [1.165, 1.54) is 12.8 Å². The van der Waals surface area contributed by atoms with Gasteiger partial charge >= 0.3 is 0 Å². The van der Waals surface area contributed by atoms with Crippen LogP contribution < -0.4 is 5.32 Å². The van der Waals surface area contributed by atoms with Crippen molar-refractivity contribution in [2.45, 2.75) is 38.8 Å². The van der Waals surface area contributed by atoms with Crippen molar-refractivity contribution in [2.75, 3.05) is 20.6 Å². The van der Waals surface area contributed by atoms with Gasteiger partial charge in [-0.15, -0.1) is 0 Å². The topological polar surface area (TPSA) is 15.3 Å². The SMILES string of the molecule is CC1CC(NCC(C)N(C)C)C1. The summed E-state index contributed by atoms with van der Waals surface area (Å²) in [7, 11) is 4.27. The molecular weight excluding hydrogens is 148 g/mol. The molecule has 1 aliphatic carbocycles. The second-order valence-corrected chi connectivity index (χ2v) is 4.49. The molecule has 0 bridgehead atoms. The summed E-state index contributed by atoms with van der Waals surface area (Å²) in [6.45, 7) is 5.72. The first-order valence-electron chi connectivity index (χ1n) is 4.99. The molecule has 1 N–H and O–H groups in total. The molecule has 0 heterocycles. The van der Waals surface area contributed by atoms with Gasteiger partial charge in [0.2, 0.25) is 0 Å². The molecule has 1 saturated carbocycles. The predicted molar refractivity (Wildman–Crippen MR) is 53.3 cm³/mol. The summed E-state index contributed by atoms with van der Waals surface area (Å²) in [5.74, 6) is 0.956. The second-order valence-electron chi connectivity index (χ2n) is 4.49. The fraction of sp³-hybridized carbons (Fsp3) is 1.00. The van der Waals surface area contributed by atoms with E-state index in [1.54, 1.807) is 0 Å². The molecule has 1 atom stereocenters. The Labute approximate surface area is 76.3 Å². The van der Waals surface area contributed by atoms with Gasteiger partial charge < -0.3 is 10.2 Å². The van der Waals surface area contributed by atoms with E-state index in [1.807, 2.05) is 0 Å². The van der Waals surface area contributed by atoms with Crippen LogP contribution in [0.2, 0.25) is 0 Å². The molecule has 1 aliphatic rings. The zero-order valence-electron chi connectivity index (χ0n) is 8.80. The van der Waals surface area contributed by atoms with Crippen LogP contribution in [0, 0.1) is 5.92 Å². The van der Waals surface area contributed by atoms with E-state index in [0.29, 0.717) is 6.04 Å². The van der Waals surface area contributed by atoms with Crippen molar-refractivity contribution in [1.29, 1.82) is 0 Å². The monoisotopic (exact) mass is 170 g/mol. The van der Waals surface area contributed by atoms with E-state index in [2.05, 4.69) is 38.2 Å². The number of nitrogens with one attached hydrogen (secondary N) is 1. The Morgan fingerprint density at radius 3 is 2.42 bits per heavy atom. The maximum Gasteiger partial charge on any atom is 0.0186 e. The smallest absolute Gasteiger partial charge is 0.0186 e. The fourth-order valence-electron chi connectivity index (χ4n) is 1.59. The molecule has 72 valence electrons. The summed E-state index contributed by atoms with van der Waals surface area (Å²) < 4.78 is 0. The molecule has 0 aromatic carbocycles. The van der Waals surface area contributed by atoms with Crippen LogP contribution >= 0.6 is 0 Å². The molecule has 2 heteroatoms. The van der Waals surface area contributed by atoms with E-state index in [4.69, 9.17) is 0 Å². The maximum absolute atomic E-state index is 3.59. The van der Waals surface area contributed by atoms with E-state index < -0.39 is 0 Å². The molecule has 0 saturated heterocycles. The molecule has 12 heavy (non-hydrogen) atoms. The Morgan fingerprint density at radius 2 is 2.00 bits per heavy atom. The standard InChI is InChI=1S/C10H22N2/c1-8-5-10(6-8)11-7-9(2)12(3)4/h8-11H,5-7H2,1-4H3. The van der Waals surface area contributed by atoms with Crippen LogP contribution in [0.25, 0.3) is 0 Å². The minimum absolute atomic E-state index is 0.654. The Bertz CT molecular complexity index is 128. The van der Waals surface area contributed by atoms with Crippen molar-refractivity contribution < 1.29 is 0 Å². The van der Waals surface area contributed by atoms with Gasteiger partial charge in [0, 0.05) is 18.6 Å². The number of hydrogen-bond acceptors (Lipinski definition) is 2. The summed E-state index contributed by atoms with van der Waals surface area (Å²) in [6.07, 6.45) is 2.75. The van der Waals surface area contributed by atoms with Crippen molar-refractivity contribution in [3.8, 4) is 0 Å². The van der Waals surface area contributed by atoms with Crippen LogP contribution in [0.15, 0.2) is 0 Å². The highest BCUT2D eigenvalue weighted by atomic mass is 15.1. The van der Waals surface area contributed by atoms with Crippen molar-refractivity contribution >= 4 is 0 Å². The van der Waals surface area contributed by atoms with Gasteiger partial charge in [-0.3, -0.25) is 0 Å². The maximum atomic E-state index is 3.59. The van der Waals surface area contributed by atoms with E-state index in [0.717, 1.165) is 18.5 Å². The van der Waals surface area contributed by atoms with Crippen LogP contribution in [0.4, 0.5) is 0 Å². The zero-order valence-corrected chi connectivity index (χ0v) is 8.80. The quantitative estimate of drug-likeness (QED) is 0.684. The number of likely N-dealkylation sites (N-methyl/N-ethyl adjacent to an activating group) is 1. The molecule has 1 unspecified atom stereocenters. The third-order valence-corrected chi connectivity index (χ3v) is 2.96. The lowest BCUT2D eigenvalue weighted by atomic mass is 9.82. The highest BCUT2D eigenvalue weighted by Gasteiger charge is 2.24. The molecule has 0 amide bonds. The molecule has 2 nitrogen and oxygen atoms in total. The van der Waals surface area contributed by atoms with Crippen LogP contribution in [0.1, 0.15) is 26.7 Å². The first-order chi connectivity index (χ1) is 5.59. The highest BCUT2D eigenvalue weighted by molar-refractivity contribution is 4.83. The third-order valence-electron chi connectivity index (χ3n) is 2.96. The molecule has 0 spiro atoms. The molecule has 0 radical (unpaired) electrons. The molecular formula is C10H22N2. The van der Waals surface area contributed by atoms with E-state index >= 15 is 0 Å². The first kappa shape index (κ1) is 10.0. The summed E-state index contributed by atoms with van der Waals surface area (Å²) in [6, 6.07) is 1.46. The van der Waals surface area contributed by atoms with Gasteiger partial charge in [-0.05, 0) is 39.8 Å². The molecule has 1 rings (SSSR count). The second kappa shape index (κ2) is 4.24. The van der Waals surface area contributed by atoms with Gasteiger partial charge in [-0.1, -0.05) is 6.92 Å². The fourth-order valence-corrected chi connectivity index (χ4v) is 1.59. The average molecular weight is 170 g/mol. The van der Waals surface area contributed by atoms with Crippen molar-refractivity contribution in [1.82, 2.24) is 10.2 Å². The normalized spacial score (nSPS) is 31.8. The van der Waals surface area contributed by atoms with Gasteiger partial charge in [0.1, 0.15) is 0 Å². The molecule has 0 aromatic rings. The predicted octanol–water partition coefficient (Wildman–Crippen LogP) is 1.32. The lowest BCUT2D eigenvalue weighted by molar-refractivity contribution is 0.216. The van der Waals surface area contributed by atoms with Crippen molar-refractivity contribution in [3.63, 3.8) is 0 Å². The van der Waals surface area contributed by atoms with Crippen LogP contribution in [-0.4, -0.2) is 37.6 Å². The lowest BCUT2D eigenvalue weighted by Crippen LogP contribution is -2.45. The summed E-state index contributed by atoms with van der Waals surface area (Å²) >= 11 is 0. The number of rotatable bonds is 4. The molecule has 0 aromatic heterocycles. The number of nitrogens with zero attached hydrogens (tertiary/aromatic N) is 1. The lowest BCUT2D eigenvalue weighted by Gasteiger charge is -2.35. The first-order valence-corrected chi connectivity index (χ1v) is 4.99. The van der Waals surface area contributed by atoms with Crippen molar-refractivity contribution in [2.24, 2.45) is 5.92 Å². The largest absolute Gasteiger partial charge is 0.312 e. The van der Waals surface area contributed by atoms with Gasteiger partial charge in [-0.2, -0.15) is 0 Å². The van der Waals surface area contributed by atoms with Gasteiger partial charge in [-0.25, -0.2) is 0 Å². The van der Waals surface area contributed by atoms with Gasteiger partial charge in [0.15, 0.2) is 0 Å². The van der Waals surface area contributed by atoms with E-state index in [-0.39, 0.29) is 0 Å². The minimum atomic E-state index is 0.654. The Morgan fingerprint density at radius 1 is 1.42 bits per heavy atom. The van der Waals surface area contributed by atoms with Crippen LogP contribution in [-0.2, 0) is 0 Å². The third kappa shape index (κ3) is 2.76. The minimum Gasteiger partial charge on any atom is -0.312 e. The highest BCUT2D eigenvalue weighted by Crippen LogP contribution is 2.25. The molecule has 0 aliphatic heterocycles. The van der Waals surface area contributed by atoms with Gasteiger partial charge in [0.05, 0.1) is 0 Å². The van der Waals surface area contributed by atoms with Crippen LogP contribution in [0.5, 0.6) is 0 Å². The summed E-state index contributed by atoms with van der Waals surface area (Å²) in [5.41, 5.74) is 0. The number of hydrogen-bond donors (Lipinski definition) is 1. The van der Waals surface area contributed by atoms with E-state index in [9.17, 15) is 0 Å². The summed E-state index contributed by atoms with van der Waals surface area (Å²) in [4.78, 5) is 2.26. The zero-order chi connectivity index (χ0) is 9.14. The Balaban J connectivity index is 2.02. The van der Waals surface area contributed by atoms with Crippen LogP contribution in [0.3, 0.4) is 0 Å². The van der Waals surface area contributed by atoms with Crippen molar-refractivity contribution in [3.05, 3.63) is 0 Å². The Kier molecular flexibility index (Phi) is 3.53. The summed E-state index contributed by atoms with van der Waals surface area (Å²) in [5, 5.41) is 3.59. The van der Waals surface area contributed by atoms with Gasteiger partial charge in [0.25, 0.3) is 0 Å².